The van der Waals surface area contributed by atoms with Crippen molar-refractivity contribution in [1.82, 2.24) is 5.32 Å². The first-order valence-electron chi connectivity index (χ1n) is 8.46. The monoisotopic (exact) mass is 352 g/mol. The fourth-order valence-corrected chi connectivity index (χ4v) is 3.91. The maximum atomic E-state index is 3.66. The molecule has 1 fully saturated rings. The van der Waals surface area contributed by atoms with E-state index in [2.05, 4.69) is 65.1 Å². The zero-order valence-corrected chi connectivity index (χ0v) is 15.2. The fourth-order valence-electron chi connectivity index (χ4n) is 3.57. The van der Waals surface area contributed by atoms with Gasteiger partial charge in [0.25, 0.3) is 0 Å². The van der Waals surface area contributed by atoms with Gasteiger partial charge in [-0.25, -0.2) is 0 Å². The molecule has 0 radical (unpaired) electrons. The summed E-state index contributed by atoms with van der Waals surface area (Å²) in [5.41, 5.74) is 2.83. The van der Waals surface area contributed by atoms with Crippen LogP contribution in [0.1, 0.15) is 64.5 Å². The summed E-state index contributed by atoms with van der Waals surface area (Å²) in [5, 5.41) is 3.56. The highest BCUT2D eigenvalue weighted by molar-refractivity contribution is 9.10. The van der Waals surface area contributed by atoms with Crippen molar-refractivity contribution in [3.8, 4) is 0 Å². The number of anilines is 1. The minimum absolute atomic E-state index is 0.399. The Morgan fingerprint density at radius 1 is 1.24 bits per heavy atom. The highest BCUT2D eigenvalue weighted by Gasteiger charge is 2.23. The number of hydrogen-bond donors (Lipinski definition) is 1. The van der Waals surface area contributed by atoms with Crippen molar-refractivity contribution in [2.45, 2.75) is 65.0 Å². The summed E-state index contributed by atoms with van der Waals surface area (Å²) in [6, 6.07) is 7.86. The molecule has 1 atom stereocenters. The van der Waals surface area contributed by atoms with E-state index < -0.39 is 0 Å². The molecule has 3 heteroatoms. The molecule has 0 aliphatic heterocycles. The molecule has 0 aromatic heterocycles. The number of hydrogen-bond acceptors (Lipinski definition) is 2. The van der Waals surface area contributed by atoms with Gasteiger partial charge in [0, 0.05) is 28.8 Å². The van der Waals surface area contributed by atoms with Crippen LogP contribution in [0.4, 0.5) is 5.69 Å². The van der Waals surface area contributed by atoms with Crippen LogP contribution in [0, 0.1) is 0 Å². The lowest BCUT2D eigenvalue weighted by atomic mass is 9.93. The topological polar surface area (TPSA) is 15.3 Å². The highest BCUT2D eigenvalue weighted by atomic mass is 79.9. The van der Waals surface area contributed by atoms with Gasteiger partial charge >= 0.3 is 0 Å². The molecule has 0 saturated heterocycles. The van der Waals surface area contributed by atoms with Crippen LogP contribution in [-0.4, -0.2) is 19.1 Å². The van der Waals surface area contributed by atoms with Crippen molar-refractivity contribution in [3.05, 3.63) is 28.2 Å². The molecule has 2 rings (SSSR count). The lowest BCUT2D eigenvalue weighted by Gasteiger charge is -2.37. The summed E-state index contributed by atoms with van der Waals surface area (Å²) < 4.78 is 1.18. The first-order chi connectivity index (χ1) is 10.2. The number of halogens is 1. The molecule has 1 unspecified atom stereocenters. The maximum absolute atomic E-state index is 3.66. The molecule has 1 aromatic rings. The molecule has 1 N–H and O–H groups in total. The van der Waals surface area contributed by atoms with E-state index in [9.17, 15) is 0 Å². The van der Waals surface area contributed by atoms with E-state index in [1.54, 1.807) is 0 Å². The van der Waals surface area contributed by atoms with Crippen molar-refractivity contribution in [2.75, 3.05) is 18.0 Å². The van der Waals surface area contributed by atoms with Gasteiger partial charge in [-0.15, -0.1) is 0 Å². The molecule has 0 amide bonds. The molecule has 1 aliphatic carbocycles. The fraction of sp³-hybridized carbons (Fsp3) is 0.667. The van der Waals surface area contributed by atoms with Crippen LogP contribution in [0.3, 0.4) is 0 Å². The van der Waals surface area contributed by atoms with Gasteiger partial charge in [0.1, 0.15) is 0 Å². The predicted molar refractivity (Wildman–Crippen MR) is 96.1 cm³/mol. The average Bonchev–Trinajstić information content (AvgIpc) is 2.49. The van der Waals surface area contributed by atoms with Crippen LogP contribution in [0.15, 0.2) is 22.7 Å². The Morgan fingerprint density at radius 3 is 2.57 bits per heavy atom. The van der Waals surface area contributed by atoms with E-state index in [4.69, 9.17) is 0 Å². The summed E-state index contributed by atoms with van der Waals surface area (Å²) in [4.78, 5) is 2.63. The van der Waals surface area contributed by atoms with Crippen LogP contribution in [0.5, 0.6) is 0 Å². The van der Waals surface area contributed by atoms with Crippen LogP contribution in [-0.2, 0) is 0 Å². The quantitative estimate of drug-likeness (QED) is 0.749. The Hall–Kier alpha value is -0.540. The Labute approximate surface area is 138 Å². The first-order valence-corrected chi connectivity index (χ1v) is 9.26. The van der Waals surface area contributed by atoms with Crippen LogP contribution in [0.25, 0.3) is 0 Å². The van der Waals surface area contributed by atoms with E-state index >= 15 is 0 Å². The molecule has 1 aromatic carbocycles. The van der Waals surface area contributed by atoms with Gasteiger partial charge in [0.15, 0.2) is 0 Å². The third kappa shape index (κ3) is 4.23. The number of nitrogens with one attached hydrogen (secondary N) is 1. The Bertz CT molecular complexity index is 441. The van der Waals surface area contributed by atoms with Crippen LogP contribution >= 0.6 is 15.9 Å². The van der Waals surface area contributed by atoms with Crippen molar-refractivity contribution < 1.29 is 0 Å². The van der Waals surface area contributed by atoms with E-state index in [1.807, 2.05) is 0 Å². The first kappa shape index (κ1) is 16.8. The minimum atomic E-state index is 0.399. The summed E-state index contributed by atoms with van der Waals surface area (Å²) >= 11 is 3.66. The van der Waals surface area contributed by atoms with Gasteiger partial charge in [0.05, 0.1) is 0 Å². The second kappa shape index (κ2) is 8.19. The lowest BCUT2D eigenvalue weighted by Crippen LogP contribution is -2.38. The zero-order chi connectivity index (χ0) is 15.2. The van der Waals surface area contributed by atoms with Gasteiger partial charge in [-0.1, -0.05) is 48.2 Å². The second-order valence-corrected chi connectivity index (χ2v) is 6.98. The Kier molecular flexibility index (Phi) is 6.56. The number of rotatable bonds is 6. The second-order valence-electron chi connectivity index (χ2n) is 6.06. The normalized spacial score (nSPS) is 17.7. The number of nitrogens with zero attached hydrogens (tertiary/aromatic N) is 1. The van der Waals surface area contributed by atoms with Gasteiger partial charge in [-0.2, -0.15) is 0 Å². The molecule has 21 heavy (non-hydrogen) atoms. The van der Waals surface area contributed by atoms with Crippen molar-refractivity contribution in [1.29, 1.82) is 0 Å². The lowest BCUT2D eigenvalue weighted by molar-refractivity contribution is 0.416. The highest BCUT2D eigenvalue weighted by Crippen LogP contribution is 2.34. The van der Waals surface area contributed by atoms with Gasteiger partial charge < -0.3 is 10.2 Å². The summed E-state index contributed by atoms with van der Waals surface area (Å²) in [7, 11) is 0. The van der Waals surface area contributed by atoms with E-state index in [0.29, 0.717) is 12.1 Å². The van der Waals surface area contributed by atoms with E-state index in [1.165, 1.54) is 47.8 Å². The zero-order valence-electron chi connectivity index (χ0n) is 13.7. The van der Waals surface area contributed by atoms with E-state index in [-0.39, 0.29) is 0 Å². The van der Waals surface area contributed by atoms with Gasteiger partial charge in [-0.3, -0.25) is 0 Å². The molecule has 0 bridgehead atoms. The van der Waals surface area contributed by atoms with Crippen molar-refractivity contribution in [3.63, 3.8) is 0 Å². The molecule has 1 saturated carbocycles. The SMILES string of the molecule is CCNC(C)c1ccc(Br)cc1N(CC)C1CCCCC1. The smallest absolute Gasteiger partial charge is 0.0428 e. The standard InChI is InChI=1S/C18H29BrN2/c1-4-20-14(3)17-12-11-15(19)13-18(17)21(5-2)16-9-7-6-8-10-16/h11-14,16,20H,4-10H2,1-3H3. The molecule has 1 aliphatic rings. The van der Waals surface area contributed by atoms with Crippen molar-refractivity contribution >= 4 is 21.6 Å². The largest absolute Gasteiger partial charge is 0.369 e. The number of benzene rings is 1. The van der Waals surface area contributed by atoms with Crippen LogP contribution < -0.4 is 10.2 Å². The molecule has 2 nitrogen and oxygen atoms in total. The van der Waals surface area contributed by atoms with E-state index in [0.717, 1.165) is 13.1 Å². The Balaban J connectivity index is 2.31. The van der Waals surface area contributed by atoms with Crippen LogP contribution in [0.2, 0.25) is 0 Å². The Morgan fingerprint density at radius 2 is 1.95 bits per heavy atom. The third-order valence-corrected chi connectivity index (χ3v) is 5.13. The average molecular weight is 353 g/mol. The predicted octanol–water partition coefficient (Wildman–Crippen LogP) is 5.28. The maximum Gasteiger partial charge on any atom is 0.0428 e. The summed E-state index contributed by atoms with van der Waals surface area (Å²) in [5.74, 6) is 0. The molecule has 118 valence electrons. The van der Waals surface area contributed by atoms with Gasteiger partial charge in [0.2, 0.25) is 0 Å². The molecule has 0 spiro atoms. The van der Waals surface area contributed by atoms with Gasteiger partial charge in [-0.05, 0) is 50.9 Å². The van der Waals surface area contributed by atoms with Crippen molar-refractivity contribution in [2.24, 2.45) is 0 Å². The molecular formula is C18H29BrN2. The minimum Gasteiger partial charge on any atom is -0.369 e. The summed E-state index contributed by atoms with van der Waals surface area (Å²) in [6.07, 6.45) is 6.86. The summed E-state index contributed by atoms with van der Waals surface area (Å²) in [6.45, 7) is 8.83. The third-order valence-electron chi connectivity index (χ3n) is 4.63. The molecule has 0 heterocycles. The molecular weight excluding hydrogens is 324 g/mol.